The predicted octanol–water partition coefficient (Wildman–Crippen LogP) is 4.29. The van der Waals surface area contributed by atoms with Crippen LogP contribution >= 0.6 is 0 Å². The maximum absolute atomic E-state index is 12.8. The van der Waals surface area contributed by atoms with Crippen LogP contribution in [0.1, 0.15) is 18.2 Å². The lowest BCUT2D eigenvalue weighted by atomic mass is 10.2. The van der Waals surface area contributed by atoms with Gasteiger partial charge in [-0.2, -0.15) is 0 Å². The highest BCUT2D eigenvalue weighted by Gasteiger charge is 2.17. The van der Waals surface area contributed by atoms with Crippen molar-refractivity contribution in [2.75, 3.05) is 13.2 Å². The summed E-state index contributed by atoms with van der Waals surface area (Å²) in [4.78, 5) is 14.6. The quantitative estimate of drug-likeness (QED) is 0.568. The maximum Gasteiger partial charge on any atom is 0.261 e. The number of hydrogen-bond donors (Lipinski definition) is 0. The van der Waals surface area contributed by atoms with Crippen molar-refractivity contribution in [1.29, 1.82) is 0 Å². The minimum absolute atomic E-state index is 0.0718. The number of hydrogen-bond acceptors (Lipinski definition) is 4. The molecule has 0 fully saturated rings. The zero-order valence-corrected chi connectivity index (χ0v) is 15.3. The number of amides is 1. The van der Waals surface area contributed by atoms with E-state index in [1.807, 2.05) is 67.6 Å². The molecule has 1 heterocycles. The van der Waals surface area contributed by atoms with Crippen molar-refractivity contribution >= 4 is 5.91 Å². The minimum Gasteiger partial charge on any atom is -0.490 e. The average Bonchev–Trinajstić information content (AvgIpc) is 3.21. The van der Waals surface area contributed by atoms with Gasteiger partial charge in [0.1, 0.15) is 5.76 Å². The molecule has 5 heteroatoms. The zero-order chi connectivity index (χ0) is 18.9. The van der Waals surface area contributed by atoms with Crippen LogP contribution in [0.4, 0.5) is 0 Å². The number of carbonyl (C=O) groups is 1. The first-order chi connectivity index (χ1) is 13.3. The molecule has 0 N–H and O–H groups in total. The summed E-state index contributed by atoms with van der Waals surface area (Å²) >= 11 is 0. The Labute approximate surface area is 159 Å². The van der Waals surface area contributed by atoms with Crippen molar-refractivity contribution in [3.05, 3.63) is 84.3 Å². The molecule has 0 atom stereocenters. The smallest absolute Gasteiger partial charge is 0.261 e. The Kier molecular flexibility index (Phi) is 6.52. The van der Waals surface area contributed by atoms with Crippen molar-refractivity contribution < 1.29 is 18.7 Å². The van der Waals surface area contributed by atoms with Gasteiger partial charge >= 0.3 is 0 Å². The molecule has 0 saturated carbocycles. The van der Waals surface area contributed by atoms with E-state index in [1.165, 1.54) is 0 Å². The van der Waals surface area contributed by atoms with E-state index in [0.29, 0.717) is 31.2 Å². The van der Waals surface area contributed by atoms with Crippen molar-refractivity contribution in [1.82, 2.24) is 4.90 Å². The molecule has 3 rings (SSSR count). The summed E-state index contributed by atoms with van der Waals surface area (Å²) in [6, 6.07) is 20.9. The highest BCUT2D eigenvalue weighted by atomic mass is 16.5. The lowest BCUT2D eigenvalue weighted by Gasteiger charge is -2.22. The molecular weight excluding hydrogens is 342 g/mol. The Morgan fingerprint density at radius 3 is 2.26 bits per heavy atom. The first-order valence-corrected chi connectivity index (χ1v) is 8.95. The normalized spacial score (nSPS) is 10.4. The number of nitrogens with zero attached hydrogens (tertiary/aromatic N) is 1. The van der Waals surface area contributed by atoms with E-state index in [4.69, 9.17) is 13.9 Å². The van der Waals surface area contributed by atoms with Crippen LogP contribution < -0.4 is 9.47 Å². The predicted molar refractivity (Wildman–Crippen MR) is 103 cm³/mol. The summed E-state index contributed by atoms with van der Waals surface area (Å²) < 4.78 is 16.7. The molecule has 1 amide bonds. The van der Waals surface area contributed by atoms with Gasteiger partial charge in [-0.3, -0.25) is 4.79 Å². The third-order valence-corrected chi connectivity index (χ3v) is 4.00. The van der Waals surface area contributed by atoms with Gasteiger partial charge < -0.3 is 18.8 Å². The summed E-state index contributed by atoms with van der Waals surface area (Å²) in [6.45, 7) is 3.24. The standard InChI is InChI=1S/C22H23NO4/c1-2-25-20-12-6-7-13-21(20)27-17-22(24)23(16-19-11-8-14-26-19)15-18-9-4-3-5-10-18/h3-14H,2,15-17H2,1H3. The van der Waals surface area contributed by atoms with Crippen LogP contribution in [0.15, 0.2) is 77.4 Å². The van der Waals surface area contributed by atoms with Crippen molar-refractivity contribution in [3.8, 4) is 11.5 Å². The van der Waals surface area contributed by atoms with E-state index in [-0.39, 0.29) is 12.5 Å². The summed E-state index contributed by atoms with van der Waals surface area (Å²) in [5, 5.41) is 0. The van der Waals surface area contributed by atoms with Crippen LogP contribution in [0.25, 0.3) is 0 Å². The second-order valence-corrected chi connectivity index (χ2v) is 5.98. The van der Waals surface area contributed by atoms with Crippen molar-refractivity contribution in [2.45, 2.75) is 20.0 Å². The monoisotopic (exact) mass is 365 g/mol. The molecule has 0 saturated heterocycles. The molecule has 27 heavy (non-hydrogen) atoms. The fourth-order valence-electron chi connectivity index (χ4n) is 2.70. The van der Waals surface area contributed by atoms with Crippen molar-refractivity contribution in [2.24, 2.45) is 0 Å². The SMILES string of the molecule is CCOc1ccccc1OCC(=O)N(Cc1ccccc1)Cc1ccco1. The van der Waals surface area contributed by atoms with Crippen LogP contribution in [-0.4, -0.2) is 24.0 Å². The van der Waals surface area contributed by atoms with Gasteiger partial charge in [-0.1, -0.05) is 42.5 Å². The molecule has 0 aliphatic rings. The summed E-state index contributed by atoms with van der Waals surface area (Å²) in [5.41, 5.74) is 1.05. The fraction of sp³-hybridized carbons (Fsp3) is 0.227. The van der Waals surface area contributed by atoms with E-state index >= 15 is 0 Å². The third kappa shape index (κ3) is 5.38. The Bertz CT molecular complexity index is 831. The van der Waals surface area contributed by atoms with Gasteiger partial charge in [-0.05, 0) is 36.8 Å². The molecule has 0 aliphatic carbocycles. The number of para-hydroxylation sites is 2. The van der Waals surface area contributed by atoms with Crippen LogP contribution in [-0.2, 0) is 17.9 Å². The summed E-state index contributed by atoms with van der Waals surface area (Å²) in [5.74, 6) is 1.80. The molecule has 1 aromatic heterocycles. The van der Waals surface area contributed by atoms with Crippen molar-refractivity contribution in [3.63, 3.8) is 0 Å². The zero-order valence-electron chi connectivity index (χ0n) is 15.3. The van der Waals surface area contributed by atoms with Gasteiger partial charge in [0.25, 0.3) is 5.91 Å². The van der Waals surface area contributed by atoms with Gasteiger partial charge in [0.15, 0.2) is 18.1 Å². The minimum atomic E-state index is -0.124. The molecule has 140 valence electrons. The Morgan fingerprint density at radius 2 is 1.59 bits per heavy atom. The lowest BCUT2D eigenvalue weighted by molar-refractivity contribution is -0.134. The van der Waals surface area contributed by atoms with E-state index in [0.717, 1.165) is 11.3 Å². The topological polar surface area (TPSA) is 51.9 Å². The van der Waals surface area contributed by atoms with Crippen LogP contribution in [0.5, 0.6) is 11.5 Å². The molecule has 5 nitrogen and oxygen atoms in total. The third-order valence-electron chi connectivity index (χ3n) is 4.00. The first kappa shape index (κ1) is 18.6. The fourth-order valence-corrected chi connectivity index (χ4v) is 2.70. The molecule has 0 aliphatic heterocycles. The van der Waals surface area contributed by atoms with E-state index < -0.39 is 0 Å². The highest BCUT2D eigenvalue weighted by molar-refractivity contribution is 5.77. The molecule has 0 spiro atoms. The number of ether oxygens (including phenoxy) is 2. The van der Waals surface area contributed by atoms with E-state index in [1.54, 1.807) is 17.2 Å². The van der Waals surface area contributed by atoms with Crippen LogP contribution in [0.3, 0.4) is 0 Å². The molecule has 0 unspecified atom stereocenters. The Balaban J connectivity index is 1.69. The van der Waals surface area contributed by atoms with Gasteiger partial charge in [0.2, 0.25) is 0 Å². The van der Waals surface area contributed by atoms with Crippen LogP contribution in [0, 0.1) is 0 Å². The van der Waals surface area contributed by atoms with Gasteiger partial charge in [-0.25, -0.2) is 0 Å². The first-order valence-electron chi connectivity index (χ1n) is 8.95. The molecule has 0 radical (unpaired) electrons. The summed E-state index contributed by atoms with van der Waals surface area (Å²) in [7, 11) is 0. The van der Waals surface area contributed by atoms with Gasteiger partial charge in [0.05, 0.1) is 19.4 Å². The largest absolute Gasteiger partial charge is 0.490 e. The number of benzene rings is 2. The number of rotatable bonds is 9. The lowest BCUT2D eigenvalue weighted by Crippen LogP contribution is -2.34. The molecular formula is C22H23NO4. The maximum atomic E-state index is 12.8. The van der Waals surface area contributed by atoms with Crippen LogP contribution in [0.2, 0.25) is 0 Å². The Morgan fingerprint density at radius 1 is 0.889 bits per heavy atom. The number of carbonyl (C=O) groups excluding carboxylic acids is 1. The van der Waals surface area contributed by atoms with E-state index in [2.05, 4.69) is 0 Å². The molecule has 2 aromatic carbocycles. The molecule has 3 aromatic rings. The summed E-state index contributed by atoms with van der Waals surface area (Å²) in [6.07, 6.45) is 1.61. The van der Waals surface area contributed by atoms with E-state index in [9.17, 15) is 4.79 Å². The number of furan rings is 1. The Hall–Kier alpha value is -3.21. The molecule has 0 bridgehead atoms. The average molecular weight is 365 g/mol. The van der Waals surface area contributed by atoms with Gasteiger partial charge in [0, 0.05) is 6.54 Å². The highest BCUT2D eigenvalue weighted by Crippen LogP contribution is 2.26. The van der Waals surface area contributed by atoms with Gasteiger partial charge in [-0.15, -0.1) is 0 Å². The second-order valence-electron chi connectivity index (χ2n) is 5.98. The second kappa shape index (κ2) is 9.48.